The molecule has 2 aromatic carbocycles. The molecule has 0 bridgehead atoms. The number of likely N-dealkylation sites (tertiary alicyclic amines) is 1. The van der Waals surface area contributed by atoms with E-state index in [-0.39, 0.29) is 16.8 Å². The molecule has 1 aliphatic rings. The monoisotopic (exact) mass is 443 g/mol. The van der Waals surface area contributed by atoms with Crippen LogP contribution in [0.15, 0.2) is 53.4 Å². The van der Waals surface area contributed by atoms with Gasteiger partial charge in [0.15, 0.2) is 0 Å². The number of piperidine rings is 1. The van der Waals surface area contributed by atoms with E-state index >= 15 is 0 Å². The van der Waals surface area contributed by atoms with Gasteiger partial charge in [0.25, 0.3) is 5.91 Å². The molecule has 1 amide bonds. The zero-order valence-corrected chi connectivity index (χ0v) is 18.7. The van der Waals surface area contributed by atoms with Crippen molar-refractivity contribution in [1.82, 2.24) is 14.6 Å². The first-order chi connectivity index (χ1) is 14.3. The molecule has 0 aliphatic carbocycles. The molecule has 1 N–H and O–H groups in total. The van der Waals surface area contributed by atoms with Crippen LogP contribution in [-0.2, 0) is 10.0 Å². The molecule has 1 saturated heterocycles. The molecule has 2 heterocycles. The maximum Gasteiger partial charge on any atom is 0.253 e. The number of rotatable bonds is 5. The Kier molecular flexibility index (Phi) is 5.90. The van der Waals surface area contributed by atoms with Gasteiger partial charge in [-0.2, -0.15) is 0 Å². The number of para-hydroxylation sites is 1. The Morgan fingerprint density at radius 1 is 1.13 bits per heavy atom. The highest BCUT2D eigenvalue weighted by molar-refractivity contribution is 7.89. The highest BCUT2D eigenvalue weighted by Gasteiger charge is 2.27. The average molecular weight is 444 g/mol. The second-order valence-corrected chi connectivity index (χ2v) is 10.7. The zero-order chi connectivity index (χ0) is 21.3. The van der Waals surface area contributed by atoms with E-state index < -0.39 is 10.0 Å². The lowest BCUT2D eigenvalue weighted by molar-refractivity contribution is 0.0712. The van der Waals surface area contributed by atoms with E-state index in [1.807, 2.05) is 23.1 Å². The summed E-state index contributed by atoms with van der Waals surface area (Å²) in [5, 5.41) is 1.14. The molecule has 1 aliphatic heterocycles. The minimum absolute atomic E-state index is 0.117. The van der Waals surface area contributed by atoms with Gasteiger partial charge < -0.3 is 4.90 Å². The van der Waals surface area contributed by atoms with Gasteiger partial charge in [-0.1, -0.05) is 18.2 Å². The van der Waals surface area contributed by atoms with E-state index in [9.17, 15) is 13.2 Å². The number of aromatic nitrogens is 1. The number of fused-ring (bicyclic) bond motifs is 1. The highest BCUT2D eigenvalue weighted by Crippen LogP contribution is 2.34. The van der Waals surface area contributed by atoms with Gasteiger partial charge in [-0.05, 0) is 57.0 Å². The smallest absolute Gasteiger partial charge is 0.253 e. The van der Waals surface area contributed by atoms with E-state index in [0.717, 1.165) is 23.4 Å². The molecule has 0 radical (unpaired) electrons. The number of nitrogens with zero attached hydrogens (tertiary/aromatic N) is 2. The van der Waals surface area contributed by atoms with E-state index in [1.54, 1.807) is 37.3 Å². The van der Waals surface area contributed by atoms with Crippen LogP contribution in [0, 0.1) is 0 Å². The van der Waals surface area contributed by atoms with Crippen LogP contribution >= 0.6 is 11.3 Å². The summed E-state index contributed by atoms with van der Waals surface area (Å²) in [5.41, 5.74) is 1.43. The number of benzene rings is 2. The predicted octanol–water partition coefficient (Wildman–Crippen LogP) is 4.00. The minimum Gasteiger partial charge on any atom is -0.339 e. The maximum absolute atomic E-state index is 13.0. The fourth-order valence-corrected chi connectivity index (χ4v) is 6.18. The van der Waals surface area contributed by atoms with Crippen molar-refractivity contribution in [2.24, 2.45) is 0 Å². The summed E-state index contributed by atoms with van der Waals surface area (Å²) < 4.78 is 28.6. The molecule has 1 aromatic heterocycles. The van der Waals surface area contributed by atoms with Crippen LogP contribution in [0.5, 0.6) is 0 Å². The van der Waals surface area contributed by atoms with Gasteiger partial charge in [-0.3, -0.25) is 4.79 Å². The number of thiazole rings is 1. The molecule has 6 nitrogen and oxygen atoms in total. The third kappa shape index (κ3) is 4.40. The lowest BCUT2D eigenvalue weighted by Crippen LogP contribution is -2.38. The summed E-state index contributed by atoms with van der Waals surface area (Å²) in [6.07, 6.45) is 1.72. The van der Waals surface area contributed by atoms with Crippen LogP contribution < -0.4 is 4.72 Å². The molecular formula is C22H25N3O3S2. The van der Waals surface area contributed by atoms with Gasteiger partial charge in [-0.25, -0.2) is 18.1 Å². The number of sulfonamides is 1. The lowest BCUT2D eigenvalue weighted by Gasteiger charge is -2.31. The third-order valence-corrected chi connectivity index (χ3v) is 8.08. The van der Waals surface area contributed by atoms with Crippen molar-refractivity contribution in [3.05, 3.63) is 59.1 Å². The Morgan fingerprint density at radius 3 is 2.57 bits per heavy atom. The first kappa shape index (κ1) is 21.0. The Bertz CT molecular complexity index is 1130. The van der Waals surface area contributed by atoms with Gasteiger partial charge in [0.1, 0.15) is 0 Å². The third-order valence-electron chi connectivity index (χ3n) is 5.22. The van der Waals surface area contributed by atoms with E-state index in [2.05, 4.69) is 10.8 Å². The molecule has 4 rings (SSSR count). The lowest BCUT2D eigenvalue weighted by atomic mass is 9.97. The number of hydrogen-bond donors (Lipinski definition) is 1. The van der Waals surface area contributed by atoms with E-state index in [0.29, 0.717) is 24.6 Å². The van der Waals surface area contributed by atoms with Crippen LogP contribution in [0.2, 0.25) is 0 Å². The van der Waals surface area contributed by atoms with Crippen LogP contribution in [0.1, 0.15) is 48.0 Å². The molecule has 1 fully saturated rings. The van der Waals surface area contributed by atoms with Crippen molar-refractivity contribution in [1.29, 1.82) is 0 Å². The molecule has 3 aromatic rings. The number of carbonyl (C=O) groups is 1. The standard InChI is InChI=1S/C22H25N3O3S2/c1-15(2)24-30(27,28)18-7-5-6-17(14-18)22(26)25-12-10-16(11-13-25)21-23-19-8-3-4-9-20(19)29-21/h3-9,14-16,24H,10-13H2,1-2H3. The molecule has 8 heteroatoms. The maximum atomic E-state index is 13.0. The topological polar surface area (TPSA) is 79.4 Å². The van der Waals surface area contributed by atoms with Gasteiger partial charge >= 0.3 is 0 Å². The van der Waals surface area contributed by atoms with Gasteiger partial charge in [0, 0.05) is 30.6 Å². The van der Waals surface area contributed by atoms with E-state index in [4.69, 9.17) is 4.98 Å². The van der Waals surface area contributed by atoms with Crippen molar-refractivity contribution >= 4 is 37.5 Å². The van der Waals surface area contributed by atoms with Crippen molar-refractivity contribution in [2.75, 3.05) is 13.1 Å². The Labute approximate surface area is 181 Å². The molecular weight excluding hydrogens is 418 g/mol. The van der Waals surface area contributed by atoms with Crippen molar-refractivity contribution in [3.63, 3.8) is 0 Å². The highest BCUT2D eigenvalue weighted by atomic mass is 32.2. The summed E-state index contributed by atoms with van der Waals surface area (Å²) in [6.45, 7) is 4.81. The normalized spacial score (nSPS) is 15.8. The van der Waals surface area contributed by atoms with Crippen LogP contribution in [0.3, 0.4) is 0 Å². The van der Waals surface area contributed by atoms with Gasteiger partial charge in [-0.15, -0.1) is 11.3 Å². The van der Waals surface area contributed by atoms with Crippen LogP contribution in [0.4, 0.5) is 0 Å². The summed E-state index contributed by atoms with van der Waals surface area (Å²) >= 11 is 1.73. The predicted molar refractivity (Wildman–Crippen MR) is 119 cm³/mol. The molecule has 0 spiro atoms. The second kappa shape index (κ2) is 8.45. The summed E-state index contributed by atoms with van der Waals surface area (Å²) in [5.74, 6) is 0.229. The fraction of sp³-hybridized carbons (Fsp3) is 0.364. The summed E-state index contributed by atoms with van der Waals surface area (Å²) in [6, 6.07) is 14.2. The second-order valence-electron chi connectivity index (χ2n) is 7.89. The summed E-state index contributed by atoms with van der Waals surface area (Å²) in [7, 11) is -3.63. The number of hydrogen-bond acceptors (Lipinski definition) is 5. The minimum atomic E-state index is -3.63. The van der Waals surface area contributed by atoms with Crippen LogP contribution in [-0.4, -0.2) is 43.3 Å². The van der Waals surface area contributed by atoms with Crippen LogP contribution in [0.25, 0.3) is 10.2 Å². The number of nitrogens with one attached hydrogen (secondary N) is 1. The van der Waals surface area contributed by atoms with E-state index in [1.165, 1.54) is 16.8 Å². The number of carbonyl (C=O) groups excluding carboxylic acids is 1. The van der Waals surface area contributed by atoms with Gasteiger partial charge in [0.2, 0.25) is 10.0 Å². The van der Waals surface area contributed by atoms with Gasteiger partial charge in [0.05, 0.1) is 20.1 Å². The van der Waals surface area contributed by atoms with Crippen molar-refractivity contribution in [2.45, 2.75) is 43.5 Å². The largest absolute Gasteiger partial charge is 0.339 e. The molecule has 158 valence electrons. The first-order valence-corrected chi connectivity index (χ1v) is 12.4. The average Bonchev–Trinajstić information content (AvgIpc) is 3.17. The van der Waals surface area contributed by atoms with Crippen molar-refractivity contribution in [3.8, 4) is 0 Å². The molecule has 0 unspecified atom stereocenters. The molecule has 0 saturated carbocycles. The Balaban J connectivity index is 1.45. The zero-order valence-electron chi connectivity index (χ0n) is 17.0. The quantitative estimate of drug-likeness (QED) is 0.646. The Morgan fingerprint density at radius 2 is 1.87 bits per heavy atom. The summed E-state index contributed by atoms with van der Waals surface area (Å²) in [4.78, 5) is 19.7. The Hall–Kier alpha value is -2.29. The first-order valence-electron chi connectivity index (χ1n) is 10.1. The fourth-order valence-electron chi connectivity index (χ4n) is 3.75. The molecule has 0 atom stereocenters. The SMILES string of the molecule is CC(C)NS(=O)(=O)c1cccc(C(=O)N2CCC(c3nc4ccccc4s3)CC2)c1. The molecule has 30 heavy (non-hydrogen) atoms. The van der Waals surface area contributed by atoms with Crippen molar-refractivity contribution < 1.29 is 13.2 Å². The number of amides is 1.